The van der Waals surface area contributed by atoms with Gasteiger partial charge in [0.15, 0.2) is 0 Å². The van der Waals surface area contributed by atoms with Crippen LogP contribution in [0.4, 0.5) is 0 Å². The lowest BCUT2D eigenvalue weighted by atomic mass is 10.1. The number of benzene rings is 1. The van der Waals surface area contributed by atoms with Crippen molar-refractivity contribution < 1.29 is 17.9 Å². The predicted octanol–water partition coefficient (Wildman–Crippen LogP) is 0.615. The lowest BCUT2D eigenvalue weighted by Gasteiger charge is -2.29. The fourth-order valence-corrected chi connectivity index (χ4v) is 3.10. The zero-order valence-electron chi connectivity index (χ0n) is 13.0. The van der Waals surface area contributed by atoms with Gasteiger partial charge in [0.05, 0.1) is 26.0 Å². The molecule has 2 rings (SSSR count). The number of nitrogens with zero attached hydrogens (tertiary/aromatic N) is 2. The molecule has 1 aliphatic heterocycles. The van der Waals surface area contributed by atoms with E-state index in [4.69, 9.17) is 4.74 Å². The predicted molar refractivity (Wildman–Crippen MR) is 83.8 cm³/mol. The second-order valence-corrected chi connectivity index (χ2v) is 7.50. The number of ether oxygens (including phenoxy) is 1. The molecule has 1 aromatic rings. The number of amides is 1. The summed E-state index contributed by atoms with van der Waals surface area (Å²) in [4.78, 5) is 13.9. The van der Waals surface area contributed by atoms with Gasteiger partial charge in [0.1, 0.15) is 0 Å². The summed E-state index contributed by atoms with van der Waals surface area (Å²) >= 11 is 0. The van der Waals surface area contributed by atoms with E-state index in [1.807, 2.05) is 31.2 Å². The minimum absolute atomic E-state index is 0.132. The van der Waals surface area contributed by atoms with Gasteiger partial charge in [0.2, 0.25) is 15.9 Å². The quantitative estimate of drug-likeness (QED) is 0.795. The average Bonchev–Trinajstić information content (AvgIpc) is 2.46. The first-order valence-electron chi connectivity index (χ1n) is 7.22. The van der Waals surface area contributed by atoms with Crippen LogP contribution in [0.15, 0.2) is 24.3 Å². The summed E-state index contributed by atoms with van der Waals surface area (Å²) in [6, 6.07) is 7.63. The molecule has 122 valence electrons. The molecule has 7 heteroatoms. The molecule has 0 spiro atoms. The Kier molecular flexibility index (Phi) is 5.55. The molecule has 1 fully saturated rings. The maximum absolute atomic E-state index is 12.3. The van der Waals surface area contributed by atoms with E-state index in [1.54, 1.807) is 4.90 Å². The smallest absolute Gasteiger partial charge is 0.238 e. The van der Waals surface area contributed by atoms with Crippen LogP contribution in [-0.2, 0) is 26.1 Å². The number of morpholine rings is 1. The molecule has 6 nitrogen and oxygen atoms in total. The van der Waals surface area contributed by atoms with E-state index in [-0.39, 0.29) is 19.0 Å². The topological polar surface area (TPSA) is 66.9 Å². The average molecular weight is 326 g/mol. The first-order valence-corrected chi connectivity index (χ1v) is 9.07. The summed E-state index contributed by atoms with van der Waals surface area (Å²) in [5, 5.41) is 0. The molecule has 0 unspecified atom stereocenters. The number of sulfonamides is 1. The number of hydrogen-bond donors (Lipinski definition) is 0. The Hall–Kier alpha value is -1.44. The Bertz CT molecular complexity index is 624. The van der Waals surface area contributed by atoms with Gasteiger partial charge in [-0.05, 0) is 12.5 Å². The third kappa shape index (κ3) is 4.79. The van der Waals surface area contributed by atoms with E-state index in [9.17, 15) is 13.2 Å². The van der Waals surface area contributed by atoms with Crippen LogP contribution in [0.2, 0.25) is 0 Å². The van der Waals surface area contributed by atoms with Crippen LogP contribution < -0.4 is 0 Å². The number of hydrogen-bond acceptors (Lipinski definition) is 4. The van der Waals surface area contributed by atoms with Crippen molar-refractivity contribution in [2.24, 2.45) is 0 Å². The number of aryl methyl sites for hydroxylation is 1. The zero-order valence-corrected chi connectivity index (χ0v) is 13.8. The number of rotatable bonds is 5. The molecular formula is C15H22N2O4S. The lowest BCUT2D eigenvalue weighted by molar-refractivity contribution is -0.135. The van der Waals surface area contributed by atoms with Crippen LogP contribution in [0.25, 0.3) is 0 Å². The highest BCUT2D eigenvalue weighted by Crippen LogP contribution is 2.11. The molecule has 0 aromatic heterocycles. The largest absolute Gasteiger partial charge is 0.378 e. The Balaban J connectivity index is 2.08. The van der Waals surface area contributed by atoms with E-state index < -0.39 is 10.0 Å². The van der Waals surface area contributed by atoms with Gasteiger partial charge < -0.3 is 9.64 Å². The van der Waals surface area contributed by atoms with Crippen molar-refractivity contribution in [3.05, 3.63) is 35.4 Å². The van der Waals surface area contributed by atoms with Gasteiger partial charge in [0, 0.05) is 19.6 Å². The van der Waals surface area contributed by atoms with E-state index in [0.29, 0.717) is 26.3 Å². The summed E-state index contributed by atoms with van der Waals surface area (Å²) in [7, 11) is -3.46. The number of carbonyl (C=O) groups excluding carboxylic acids is 1. The van der Waals surface area contributed by atoms with Crippen LogP contribution in [0.1, 0.15) is 11.1 Å². The highest BCUT2D eigenvalue weighted by atomic mass is 32.2. The highest BCUT2D eigenvalue weighted by molar-refractivity contribution is 7.88. The molecule has 0 radical (unpaired) electrons. The fourth-order valence-electron chi connectivity index (χ4n) is 2.37. The van der Waals surface area contributed by atoms with Gasteiger partial charge in [-0.25, -0.2) is 8.42 Å². The monoisotopic (exact) mass is 326 g/mol. The Morgan fingerprint density at radius 3 is 2.59 bits per heavy atom. The summed E-state index contributed by atoms with van der Waals surface area (Å²) in [5.74, 6) is -0.179. The van der Waals surface area contributed by atoms with Crippen molar-refractivity contribution in [1.29, 1.82) is 0 Å². The Morgan fingerprint density at radius 2 is 2.00 bits per heavy atom. The molecule has 1 saturated heterocycles. The molecule has 0 aliphatic carbocycles. The third-order valence-electron chi connectivity index (χ3n) is 3.59. The molecule has 0 N–H and O–H groups in total. The van der Waals surface area contributed by atoms with Crippen molar-refractivity contribution in [3.63, 3.8) is 0 Å². The maximum Gasteiger partial charge on any atom is 0.238 e. The molecule has 0 saturated carbocycles. The SMILES string of the molecule is Cc1cccc(CN(CC(=O)N2CCOCC2)S(C)(=O)=O)c1. The van der Waals surface area contributed by atoms with Gasteiger partial charge in [-0.3, -0.25) is 4.79 Å². The van der Waals surface area contributed by atoms with Crippen molar-refractivity contribution in [2.45, 2.75) is 13.5 Å². The molecule has 0 atom stereocenters. The van der Waals surface area contributed by atoms with E-state index in [2.05, 4.69) is 0 Å². The fraction of sp³-hybridized carbons (Fsp3) is 0.533. The van der Waals surface area contributed by atoms with Crippen LogP contribution in [-0.4, -0.2) is 62.6 Å². The minimum atomic E-state index is -3.46. The third-order valence-corrected chi connectivity index (χ3v) is 4.78. The molecule has 22 heavy (non-hydrogen) atoms. The lowest BCUT2D eigenvalue weighted by Crippen LogP contribution is -2.46. The first kappa shape index (κ1) is 16.9. The maximum atomic E-state index is 12.3. The summed E-state index contributed by atoms with van der Waals surface area (Å²) in [6.07, 6.45) is 1.13. The van der Waals surface area contributed by atoms with Crippen molar-refractivity contribution in [3.8, 4) is 0 Å². The normalized spacial score (nSPS) is 16.0. The van der Waals surface area contributed by atoms with Crippen molar-refractivity contribution in [1.82, 2.24) is 9.21 Å². The Labute approximate surface area is 131 Å². The van der Waals surface area contributed by atoms with E-state index in [0.717, 1.165) is 17.4 Å². The molecule has 1 aliphatic rings. The minimum Gasteiger partial charge on any atom is -0.378 e. The first-order chi connectivity index (χ1) is 10.4. The van der Waals surface area contributed by atoms with Gasteiger partial charge >= 0.3 is 0 Å². The molecular weight excluding hydrogens is 304 g/mol. The van der Waals surface area contributed by atoms with E-state index in [1.165, 1.54) is 4.31 Å². The standard InChI is InChI=1S/C15H22N2O4S/c1-13-4-3-5-14(10-13)11-17(22(2,19)20)12-15(18)16-6-8-21-9-7-16/h3-5,10H,6-9,11-12H2,1-2H3. The van der Waals surface area contributed by atoms with Crippen molar-refractivity contribution >= 4 is 15.9 Å². The van der Waals surface area contributed by atoms with Gasteiger partial charge in [0.25, 0.3) is 0 Å². The summed E-state index contributed by atoms with van der Waals surface area (Å²) < 4.78 is 30.4. The van der Waals surface area contributed by atoms with Crippen LogP contribution >= 0.6 is 0 Å². The highest BCUT2D eigenvalue weighted by Gasteiger charge is 2.24. The molecule has 1 aromatic carbocycles. The summed E-state index contributed by atoms with van der Waals surface area (Å²) in [6.45, 7) is 4.06. The van der Waals surface area contributed by atoms with Crippen LogP contribution in [0, 0.1) is 6.92 Å². The van der Waals surface area contributed by atoms with Gasteiger partial charge in [-0.15, -0.1) is 0 Å². The van der Waals surface area contributed by atoms with Gasteiger partial charge in [-0.2, -0.15) is 4.31 Å². The van der Waals surface area contributed by atoms with Gasteiger partial charge in [-0.1, -0.05) is 29.8 Å². The van der Waals surface area contributed by atoms with Crippen molar-refractivity contribution in [2.75, 3.05) is 39.1 Å². The molecule has 0 bridgehead atoms. The van der Waals surface area contributed by atoms with Crippen LogP contribution in [0.3, 0.4) is 0 Å². The second-order valence-electron chi connectivity index (χ2n) is 5.51. The summed E-state index contributed by atoms with van der Waals surface area (Å²) in [5.41, 5.74) is 1.94. The van der Waals surface area contributed by atoms with E-state index >= 15 is 0 Å². The molecule has 1 heterocycles. The molecule has 1 amide bonds. The second kappa shape index (κ2) is 7.21. The number of carbonyl (C=O) groups is 1. The zero-order chi connectivity index (χ0) is 16.2. The van der Waals surface area contributed by atoms with Crippen LogP contribution in [0.5, 0.6) is 0 Å². The Morgan fingerprint density at radius 1 is 1.32 bits per heavy atom.